The van der Waals surface area contributed by atoms with Crippen LogP contribution >= 0.6 is 0 Å². The zero-order valence-electron chi connectivity index (χ0n) is 26.4. The van der Waals surface area contributed by atoms with Crippen molar-refractivity contribution in [2.75, 3.05) is 31.3 Å². The van der Waals surface area contributed by atoms with E-state index in [2.05, 4.69) is 0 Å². The largest absolute Gasteiger partial charge is 0.494 e. The Morgan fingerprint density at radius 2 is 1.00 bits per heavy atom. The van der Waals surface area contributed by atoms with Crippen molar-refractivity contribution in [2.45, 2.75) is 25.7 Å². The van der Waals surface area contributed by atoms with Gasteiger partial charge in [-0.05, 0) is 122 Å². The maximum absolute atomic E-state index is 13.0. The number of hydrogen-bond acceptors (Lipinski definition) is 7. The Balaban J connectivity index is 0.890. The molecule has 0 aromatic heterocycles. The third kappa shape index (κ3) is 10.2. The van der Waals surface area contributed by atoms with Crippen molar-refractivity contribution in [2.24, 2.45) is 0 Å². The summed E-state index contributed by atoms with van der Waals surface area (Å²) < 4.78 is 36.2. The van der Waals surface area contributed by atoms with E-state index in [4.69, 9.17) is 18.9 Å². The second-order valence-electron chi connectivity index (χ2n) is 10.9. The molecule has 1 heterocycles. The molecule has 0 unspecified atom stereocenters. The fraction of sp³-hybridized carbons (Fsp3) is 0.205. The third-order valence-corrected chi connectivity index (χ3v) is 7.36. The molecule has 48 heavy (non-hydrogen) atoms. The predicted octanol–water partition coefficient (Wildman–Crippen LogP) is 7.63. The number of unbranched alkanes of at least 4 members (excludes halogenated alkanes) is 3. The van der Waals surface area contributed by atoms with E-state index in [0.717, 1.165) is 47.6 Å². The van der Waals surface area contributed by atoms with Gasteiger partial charge in [-0.25, -0.2) is 9.29 Å². The van der Waals surface area contributed by atoms with Crippen molar-refractivity contribution >= 4 is 29.4 Å². The molecule has 4 aromatic rings. The number of benzene rings is 4. The van der Waals surface area contributed by atoms with Crippen LogP contribution < -0.4 is 23.8 Å². The number of carbonyl (C=O) groups excluding carboxylic acids is 3. The lowest BCUT2D eigenvalue weighted by atomic mass is 10.1. The Bertz CT molecular complexity index is 1700. The summed E-state index contributed by atoms with van der Waals surface area (Å²) in [4.78, 5) is 36.9. The van der Waals surface area contributed by atoms with Crippen molar-refractivity contribution in [3.8, 4) is 23.0 Å². The topological polar surface area (TPSA) is 91.4 Å². The van der Waals surface area contributed by atoms with Gasteiger partial charge in [-0.15, -0.1) is 0 Å². The minimum absolute atomic E-state index is 0.194. The predicted molar refractivity (Wildman–Crippen MR) is 181 cm³/mol. The molecular weight excluding hydrogens is 613 g/mol. The second-order valence-corrected chi connectivity index (χ2v) is 10.9. The van der Waals surface area contributed by atoms with Gasteiger partial charge in [0.05, 0.1) is 18.9 Å². The van der Waals surface area contributed by atoms with Crippen LogP contribution in [-0.2, 0) is 9.59 Å². The molecule has 4 aromatic carbocycles. The number of anilines is 1. The number of allylic oxidation sites excluding steroid dienone is 1. The highest BCUT2D eigenvalue weighted by atomic mass is 19.1. The molecule has 8 nitrogen and oxygen atoms in total. The average molecular weight is 650 g/mol. The van der Waals surface area contributed by atoms with E-state index in [1.807, 2.05) is 48.5 Å². The first-order valence-corrected chi connectivity index (χ1v) is 15.8. The van der Waals surface area contributed by atoms with Gasteiger partial charge in [-0.3, -0.25) is 14.4 Å². The maximum atomic E-state index is 13.0. The number of hydrogen-bond donors (Lipinski definition) is 0. The number of amides is 2. The number of carbonyl (C=O) groups is 3. The van der Waals surface area contributed by atoms with E-state index in [0.29, 0.717) is 49.2 Å². The second kappa shape index (κ2) is 17.3. The fourth-order valence-corrected chi connectivity index (χ4v) is 4.79. The lowest BCUT2D eigenvalue weighted by Gasteiger charge is -2.14. The normalized spacial score (nSPS) is 12.5. The van der Waals surface area contributed by atoms with E-state index in [1.54, 1.807) is 30.3 Å². The van der Waals surface area contributed by atoms with Gasteiger partial charge in [-0.2, -0.15) is 0 Å². The molecule has 0 saturated heterocycles. The van der Waals surface area contributed by atoms with Crippen LogP contribution in [0.5, 0.6) is 23.0 Å². The fourth-order valence-electron chi connectivity index (χ4n) is 4.79. The number of halogens is 1. The first kappa shape index (κ1) is 33.7. The smallest absolute Gasteiger partial charge is 0.258 e. The molecule has 0 saturated carbocycles. The monoisotopic (exact) mass is 649 g/mol. The van der Waals surface area contributed by atoms with Crippen molar-refractivity contribution in [3.05, 3.63) is 132 Å². The van der Waals surface area contributed by atoms with Gasteiger partial charge < -0.3 is 18.9 Å². The number of ketones is 1. The molecule has 1 aliphatic heterocycles. The van der Waals surface area contributed by atoms with Crippen LogP contribution in [0.1, 0.15) is 41.6 Å². The third-order valence-electron chi connectivity index (χ3n) is 7.36. The van der Waals surface area contributed by atoms with Crippen LogP contribution in [-0.4, -0.2) is 44.0 Å². The van der Waals surface area contributed by atoms with Crippen molar-refractivity contribution in [3.63, 3.8) is 0 Å². The van der Waals surface area contributed by atoms with Crippen LogP contribution in [0.25, 0.3) is 6.08 Å². The summed E-state index contributed by atoms with van der Waals surface area (Å²) in [5.74, 6) is 1.65. The summed E-state index contributed by atoms with van der Waals surface area (Å²) in [7, 11) is 0. The Labute approximate surface area is 279 Å². The standard InChI is InChI=1S/C39H36FNO7/c40-31-10-8-30(9-11-31)37(42)22-7-29-5-14-33(15-6-29)47-27-28-48-36-20-18-35(19-21-36)46-26-4-2-1-3-25-45-34-16-12-32(13-17-34)41-38(43)23-24-39(41)44/h5-24H,1-4,25-28H2. The van der Waals surface area contributed by atoms with Crippen molar-refractivity contribution in [1.82, 2.24) is 0 Å². The highest BCUT2D eigenvalue weighted by molar-refractivity contribution is 6.28. The van der Waals surface area contributed by atoms with Crippen LogP contribution in [0, 0.1) is 5.82 Å². The van der Waals surface area contributed by atoms with Gasteiger partial charge in [0.1, 0.15) is 42.0 Å². The number of imide groups is 1. The Hall–Kier alpha value is -5.70. The lowest BCUT2D eigenvalue weighted by Crippen LogP contribution is -2.29. The Morgan fingerprint density at radius 1 is 0.562 bits per heavy atom. The van der Waals surface area contributed by atoms with Crippen LogP contribution in [0.4, 0.5) is 10.1 Å². The summed E-state index contributed by atoms with van der Waals surface area (Å²) in [5, 5.41) is 0. The Morgan fingerprint density at radius 3 is 1.50 bits per heavy atom. The summed E-state index contributed by atoms with van der Waals surface area (Å²) in [6.07, 6.45) is 9.57. The maximum Gasteiger partial charge on any atom is 0.258 e. The minimum atomic E-state index is -0.377. The summed E-state index contributed by atoms with van der Waals surface area (Å²) in [5.41, 5.74) is 1.80. The molecule has 0 spiro atoms. The highest BCUT2D eigenvalue weighted by Crippen LogP contribution is 2.23. The van der Waals surface area contributed by atoms with Crippen LogP contribution in [0.2, 0.25) is 0 Å². The van der Waals surface area contributed by atoms with E-state index in [9.17, 15) is 18.8 Å². The van der Waals surface area contributed by atoms with E-state index in [-0.39, 0.29) is 23.4 Å². The zero-order valence-corrected chi connectivity index (χ0v) is 26.4. The van der Waals surface area contributed by atoms with Crippen LogP contribution in [0.3, 0.4) is 0 Å². The van der Waals surface area contributed by atoms with Gasteiger partial charge in [0.25, 0.3) is 11.8 Å². The molecular formula is C39H36FNO7. The van der Waals surface area contributed by atoms with Gasteiger partial charge in [0, 0.05) is 17.7 Å². The molecule has 246 valence electrons. The first-order chi connectivity index (χ1) is 23.4. The van der Waals surface area contributed by atoms with Crippen molar-refractivity contribution < 1.29 is 37.7 Å². The van der Waals surface area contributed by atoms with Gasteiger partial charge in [0.2, 0.25) is 0 Å². The number of rotatable bonds is 18. The van der Waals surface area contributed by atoms with E-state index in [1.165, 1.54) is 42.5 Å². The summed E-state index contributed by atoms with van der Waals surface area (Å²) >= 11 is 0. The minimum Gasteiger partial charge on any atom is -0.494 e. The molecule has 0 fully saturated rings. The quantitative estimate of drug-likeness (QED) is 0.0474. The molecule has 0 bridgehead atoms. The van der Waals surface area contributed by atoms with E-state index >= 15 is 0 Å². The SMILES string of the molecule is O=C(C=Cc1ccc(OCCOc2ccc(OCCCCCCOc3ccc(N4C(=O)C=CC4=O)cc3)cc2)cc1)c1ccc(F)cc1. The van der Waals surface area contributed by atoms with E-state index < -0.39 is 0 Å². The molecule has 5 rings (SSSR count). The van der Waals surface area contributed by atoms with Gasteiger partial charge in [-0.1, -0.05) is 18.2 Å². The summed E-state index contributed by atoms with van der Waals surface area (Å²) in [6, 6.07) is 27.2. The zero-order chi connectivity index (χ0) is 33.6. The van der Waals surface area contributed by atoms with Crippen LogP contribution in [0.15, 0.2) is 115 Å². The molecule has 0 aliphatic carbocycles. The number of nitrogens with zero attached hydrogens (tertiary/aromatic N) is 1. The molecule has 0 atom stereocenters. The molecule has 1 aliphatic rings. The van der Waals surface area contributed by atoms with Gasteiger partial charge >= 0.3 is 0 Å². The van der Waals surface area contributed by atoms with Crippen molar-refractivity contribution in [1.29, 1.82) is 0 Å². The average Bonchev–Trinajstić information content (AvgIpc) is 3.45. The van der Waals surface area contributed by atoms with Gasteiger partial charge in [0.15, 0.2) is 5.78 Å². The molecule has 0 radical (unpaired) electrons. The molecule has 9 heteroatoms. The lowest BCUT2D eigenvalue weighted by molar-refractivity contribution is -0.120. The number of ether oxygens (including phenoxy) is 4. The first-order valence-electron chi connectivity index (χ1n) is 15.8. The molecule has 2 amide bonds. The summed E-state index contributed by atoms with van der Waals surface area (Å²) in [6.45, 7) is 1.96. The highest BCUT2D eigenvalue weighted by Gasteiger charge is 2.24. The Kier molecular flexibility index (Phi) is 12.1. The molecule has 0 N–H and O–H groups in total.